The lowest BCUT2D eigenvalue weighted by Gasteiger charge is -1.92. The third kappa shape index (κ3) is 1.92. The molecule has 11 heavy (non-hydrogen) atoms. The Morgan fingerprint density at radius 1 is 1.36 bits per heavy atom. The molecule has 0 heterocycles. The van der Waals surface area contributed by atoms with Crippen LogP contribution in [0.5, 0.6) is 0 Å². The molecule has 0 fully saturated rings. The average Bonchev–Trinajstić information content (AvgIpc) is 2.05. The largest absolute Gasteiger partial charge is 0.281 e. The van der Waals surface area contributed by atoms with Crippen LogP contribution in [0.15, 0.2) is 24.3 Å². The van der Waals surface area contributed by atoms with Gasteiger partial charge in [-0.15, -0.1) is 6.42 Å². The van der Waals surface area contributed by atoms with Crippen molar-refractivity contribution < 1.29 is 4.79 Å². The van der Waals surface area contributed by atoms with Crippen LogP contribution in [0, 0.1) is 12.3 Å². The quantitative estimate of drug-likeness (QED) is 0.511. The van der Waals surface area contributed by atoms with Crippen LogP contribution < -0.4 is 0 Å². The fraction of sp³-hybridized carbons (Fsp3) is 0. The molecule has 1 rings (SSSR count). The topological polar surface area (TPSA) is 17.1 Å². The number of halogens is 1. The van der Waals surface area contributed by atoms with E-state index in [1.165, 1.54) is 0 Å². The van der Waals surface area contributed by atoms with Gasteiger partial charge in [0.2, 0.25) is 4.69 Å². The predicted octanol–water partition coefficient (Wildman–Crippen LogP) is 2.20. The number of terminal acetylenes is 1. The summed E-state index contributed by atoms with van der Waals surface area (Å²) in [7, 11) is 0. The molecule has 0 aliphatic heterocycles. The van der Waals surface area contributed by atoms with E-state index in [0.29, 0.717) is 5.56 Å². The van der Waals surface area contributed by atoms with Crippen LogP contribution in [0.4, 0.5) is 0 Å². The smallest absolute Gasteiger partial charge is 0.228 e. The minimum atomic E-state index is -0.124. The highest BCUT2D eigenvalue weighted by Gasteiger charge is 1.98. The highest BCUT2D eigenvalue weighted by molar-refractivity contribution is 9.18. The van der Waals surface area contributed by atoms with Crippen molar-refractivity contribution in [3.05, 3.63) is 35.4 Å². The summed E-state index contributed by atoms with van der Waals surface area (Å²) in [4.78, 5) is 10.7. The first-order chi connectivity index (χ1) is 5.24. The van der Waals surface area contributed by atoms with Gasteiger partial charge in [-0.05, 0) is 40.2 Å². The Balaban J connectivity index is 3.03. The van der Waals surface area contributed by atoms with Gasteiger partial charge in [-0.3, -0.25) is 4.79 Å². The summed E-state index contributed by atoms with van der Waals surface area (Å²) in [6.07, 6.45) is 5.13. The second-order valence-corrected chi connectivity index (χ2v) is 2.72. The zero-order valence-corrected chi connectivity index (χ0v) is 7.26. The van der Waals surface area contributed by atoms with Crippen molar-refractivity contribution in [1.29, 1.82) is 0 Å². The molecular weight excluding hydrogens is 204 g/mol. The molecule has 1 aromatic carbocycles. The van der Waals surface area contributed by atoms with Crippen LogP contribution in [0.1, 0.15) is 15.9 Å². The summed E-state index contributed by atoms with van der Waals surface area (Å²) in [5.74, 6) is 2.47. The van der Waals surface area contributed by atoms with Gasteiger partial charge in [0.15, 0.2) is 0 Å². The van der Waals surface area contributed by atoms with E-state index >= 15 is 0 Å². The molecule has 54 valence electrons. The Morgan fingerprint density at radius 2 is 1.91 bits per heavy atom. The van der Waals surface area contributed by atoms with E-state index in [1.54, 1.807) is 24.3 Å². The molecule has 0 N–H and O–H groups in total. The third-order valence-electron chi connectivity index (χ3n) is 1.28. The Bertz CT molecular complexity index is 305. The first-order valence-electron chi connectivity index (χ1n) is 3.00. The lowest BCUT2D eigenvalue weighted by Crippen LogP contribution is -1.86. The summed E-state index contributed by atoms with van der Waals surface area (Å²) >= 11 is 2.84. The number of carbonyl (C=O) groups is 1. The second-order valence-electron chi connectivity index (χ2n) is 2.00. The van der Waals surface area contributed by atoms with Crippen LogP contribution in [-0.2, 0) is 0 Å². The summed E-state index contributed by atoms with van der Waals surface area (Å²) in [6, 6.07) is 6.83. The number of hydrogen-bond donors (Lipinski definition) is 0. The van der Waals surface area contributed by atoms with E-state index in [9.17, 15) is 4.79 Å². The number of hydrogen-bond acceptors (Lipinski definition) is 1. The van der Waals surface area contributed by atoms with Crippen LogP contribution in [0.3, 0.4) is 0 Å². The van der Waals surface area contributed by atoms with Crippen molar-refractivity contribution in [1.82, 2.24) is 0 Å². The molecule has 1 aromatic rings. The maximum Gasteiger partial charge on any atom is 0.228 e. The average molecular weight is 209 g/mol. The summed E-state index contributed by atoms with van der Waals surface area (Å²) in [5, 5.41) is 0. The van der Waals surface area contributed by atoms with E-state index in [4.69, 9.17) is 6.42 Å². The van der Waals surface area contributed by atoms with E-state index < -0.39 is 0 Å². The standard InChI is InChI=1S/C9H5BrO/c1-2-7-3-5-8(6-4-7)9(10)11/h1,3-6H. The maximum atomic E-state index is 10.7. The van der Waals surface area contributed by atoms with Gasteiger partial charge in [0.1, 0.15) is 0 Å². The van der Waals surface area contributed by atoms with Gasteiger partial charge in [0.05, 0.1) is 0 Å². The molecule has 1 nitrogen and oxygen atoms in total. The van der Waals surface area contributed by atoms with Gasteiger partial charge < -0.3 is 0 Å². The maximum absolute atomic E-state index is 10.7. The molecule has 0 unspecified atom stereocenters. The van der Waals surface area contributed by atoms with Gasteiger partial charge in [0.25, 0.3) is 0 Å². The number of carbonyl (C=O) groups excluding carboxylic acids is 1. The summed E-state index contributed by atoms with van der Waals surface area (Å²) in [6.45, 7) is 0. The summed E-state index contributed by atoms with van der Waals surface area (Å²) in [5.41, 5.74) is 1.39. The normalized spacial score (nSPS) is 8.73. The van der Waals surface area contributed by atoms with Crippen LogP contribution >= 0.6 is 15.9 Å². The zero-order valence-electron chi connectivity index (χ0n) is 5.67. The minimum Gasteiger partial charge on any atom is -0.281 e. The lowest BCUT2D eigenvalue weighted by atomic mass is 10.2. The lowest BCUT2D eigenvalue weighted by molar-refractivity contribution is 0.109. The summed E-state index contributed by atoms with van der Waals surface area (Å²) < 4.78 is -0.124. The first-order valence-corrected chi connectivity index (χ1v) is 3.80. The van der Waals surface area contributed by atoms with Crippen molar-refractivity contribution >= 4 is 20.6 Å². The monoisotopic (exact) mass is 208 g/mol. The minimum absolute atomic E-state index is 0.124. The number of benzene rings is 1. The van der Waals surface area contributed by atoms with Crippen molar-refractivity contribution in [3.8, 4) is 12.3 Å². The molecular formula is C9H5BrO. The fourth-order valence-corrected chi connectivity index (χ4v) is 0.962. The van der Waals surface area contributed by atoms with Gasteiger partial charge >= 0.3 is 0 Å². The molecule has 0 saturated heterocycles. The number of rotatable bonds is 1. The molecule has 2 heteroatoms. The molecule has 0 aliphatic carbocycles. The van der Waals surface area contributed by atoms with E-state index in [-0.39, 0.29) is 4.69 Å². The molecule has 0 spiro atoms. The van der Waals surface area contributed by atoms with Crippen LogP contribution in [0.2, 0.25) is 0 Å². The molecule has 0 bridgehead atoms. The Labute approximate surface area is 73.6 Å². The van der Waals surface area contributed by atoms with Crippen molar-refractivity contribution in [3.63, 3.8) is 0 Å². The SMILES string of the molecule is C#Cc1ccc(C(=O)Br)cc1. The van der Waals surface area contributed by atoms with E-state index in [0.717, 1.165) is 5.56 Å². The van der Waals surface area contributed by atoms with E-state index in [1.807, 2.05) is 0 Å². The van der Waals surface area contributed by atoms with Crippen molar-refractivity contribution in [2.75, 3.05) is 0 Å². The van der Waals surface area contributed by atoms with Crippen molar-refractivity contribution in [2.24, 2.45) is 0 Å². The molecule has 0 amide bonds. The highest BCUT2D eigenvalue weighted by Crippen LogP contribution is 2.06. The molecule has 0 radical (unpaired) electrons. The fourth-order valence-electron chi connectivity index (χ4n) is 0.697. The molecule has 0 aliphatic rings. The van der Waals surface area contributed by atoms with Crippen LogP contribution in [-0.4, -0.2) is 4.69 Å². The van der Waals surface area contributed by atoms with Gasteiger partial charge in [-0.1, -0.05) is 5.92 Å². The Hall–Kier alpha value is -1.07. The molecule has 0 aromatic heterocycles. The van der Waals surface area contributed by atoms with Gasteiger partial charge in [0, 0.05) is 11.1 Å². The predicted molar refractivity (Wildman–Crippen MR) is 47.6 cm³/mol. The first kappa shape index (κ1) is 8.03. The van der Waals surface area contributed by atoms with Gasteiger partial charge in [-0.2, -0.15) is 0 Å². The molecule has 0 saturated carbocycles. The third-order valence-corrected chi connectivity index (χ3v) is 1.74. The highest BCUT2D eigenvalue weighted by atomic mass is 79.9. The Kier molecular flexibility index (Phi) is 2.45. The van der Waals surface area contributed by atoms with E-state index in [2.05, 4.69) is 21.9 Å². The zero-order chi connectivity index (χ0) is 8.27. The second kappa shape index (κ2) is 3.36. The van der Waals surface area contributed by atoms with Crippen molar-refractivity contribution in [2.45, 2.75) is 0 Å². The Morgan fingerprint density at radius 3 is 2.27 bits per heavy atom. The van der Waals surface area contributed by atoms with Gasteiger partial charge in [-0.25, -0.2) is 0 Å². The molecule has 0 atom stereocenters. The van der Waals surface area contributed by atoms with Crippen LogP contribution in [0.25, 0.3) is 0 Å².